The third kappa shape index (κ3) is 5.34. The summed E-state index contributed by atoms with van der Waals surface area (Å²) in [6.07, 6.45) is 4.95. The minimum absolute atomic E-state index is 0.0958. The molecule has 27 heavy (non-hydrogen) atoms. The lowest BCUT2D eigenvalue weighted by Gasteiger charge is -2.22. The summed E-state index contributed by atoms with van der Waals surface area (Å²) in [6.45, 7) is 5.03. The summed E-state index contributed by atoms with van der Waals surface area (Å²) in [6, 6.07) is 9.55. The summed E-state index contributed by atoms with van der Waals surface area (Å²) in [5, 5.41) is 2.80. The number of Topliss-reactive ketones (excluding diaryl/α,β-unsaturated/α-hetero) is 2. The van der Waals surface area contributed by atoms with Crippen LogP contribution >= 0.6 is 0 Å². The number of ketones is 2. The molecule has 0 heterocycles. The Balaban J connectivity index is 2.10. The molecule has 140 valence electrons. The van der Waals surface area contributed by atoms with E-state index < -0.39 is 5.97 Å². The van der Waals surface area contributed by atoms with Crippen molar-refractivity contribution in [3.63, 3.8) is 0 Å². The Kier molecular flexibility index (Phi) is 7.00. The average molecular weight is 366 g/mol. The van der Waals surface area contributed by atoms with Gasteiger partial charge in [-0.1, -0.05) is 30.3 Å². The monoisotopic (exact) mass is 366 g/mol. The Morgan fingerprint density at radius 3 is 2.37 bits per heavy atom. The van der Waals surface area contributed by atoms with Gasteiger partial charge in [0.2, 0.25) is 0 Å². The zero-order valence-electron chi connectivity index (χ0n) is 15.4. The van der Waals surface area contributed by atoms with Gasteiger partial charge < -0.3 is 10.1 Å². The highest BCUT2D eigenvalue weighted by molar-refractivity contribution is 6.22. The quantitative estimate of drug-likeness (QED) is 0.275. The van der Waals surface area contributed by atoms with E-state index in [-0.39, 0.29) is 35.9 Å². The van der Waals surface area contributed by atoms with Crippen LogP contribution in [-0.2, 0) is 19.1 Å². The number of hydrogen-bond donors (Lipinski definition) is 1. The first kappa shape index (κ1) is 20.0. The van der Waals surface area contributed by atoms with E-state index in [1.54, 1.807) is 6.92 Å². The minimum atomic E-state index is -0.461. The van der Waals surface area contributed by atoms with Crippen molar-refractivity contribution in [1.82, 2.24) is 5.32 Å². The fourth-order valence-electron chi connectivity index (χ4n) is 2.74. The highest BCUT2D eigenvalue weighted by Gasteiger charge is 2.31. The van der Waals surface area contributed by atoms with Gasteiger partial charge in [0.1, 0.15) is 5.82 Å². The van der Waals surface area contributed by atoms with E-state index in [9.17, 15) is 14.4 Å². The topological polar surface area (TPSA) is 84.8 Å². The Morgan fingerprint density at radius 2 is 1.81 bits per heavy atom. The number of carbonyl (C=O) groups is 3. The van der Waals surface area contributed by atoms with E-state index >= 15 is 0 Å². The Hall–Kier alpha value is -3.28. The van der Waals surface area contributed by atoms with Crippen LogP contribution in [0.2, 0.25) is 0 Å². The molecule has 0 amide bonds. The molecule has 2 rings (SSSR count). The van der Waals surface area contributed by atoms with E-state index in [1.165, 1.54) is 25.5 Å². The molecule has 1 saturated carbocycles. The molecule has 0 saturated heterocycles. The highest BCUT2D eigenvalue weighted by Crippen LogP contribution is 2.31. The number of nitrogens with one attached hydrogen (secondary N) is 1. The SMILES string of the molecule is C=N/C(=C\C=C(/C)C(=O)OC)NC=C1C(=O)CC(c2ccccc2)CC1=O. The number of ether oxygens (including phenoxy) is 1. The predicted molar refractivity (Wildman–Crippen MR) is 103 cm³/mol. The van der Waals surface area contributed by atoms with Gasteiger partial charge in [-0.2, -0.15) is 0 Å². The number of methoxy groups -OCH3 is 1. The molecule has 1 aliphatic carbocycles. The summed E-state index contributed by atoms with van der Waals surface area (Å²) in [5.41, 5.74) is 1.48. The number of hydrogen-bond acceptors (Lipinski definition) is 6. The Morgan fingerprint density at radius 1 is 1.19 bits per heavy atom. The van der Waals surface area contributed by atoms with Gasteiger partial charge in [-0.25, -0.2) is 9.79 Å². The molecule has 1 aliphatic rings. The van der Waals surface area contributed by atoms with Crippen molar-refractivity contribution in [2.45, 2.75) is 25.7 Å². The van der Waals surface area contributed by atoms with Gasteiger partial charge in [0.05, 0.1) is 12.7 Å². The lowest BCUT2D eigenvalue weighted by atomic mass is 9.80. The third-order valence-corrected chi connectivity index (χ3v) is 4.27. The summed E-state index contributed by atoms with van der Waals surface area (Å²) in [4.78, 5) is 40.0. The molecule has 0 spiro atoms. The number of esters is 1. The molecule has 1 aromatic carbocycles. The fraction of sp³-hybridized carbons (Fsp3) is 0.238. The molecule has 0 bridgehead atoms. The first-order chi connectivity index (χ1) is 13.0. The number of carbonyl (C=O) groups excluding carboxylic acids is 3. The molecule has 0 atom stereocenters. The van der Waals surface area contributed by atoms with E-state index in [0.717, 1.165) is 5.56 Å². The van der Waals surface area contributed by atoms with Gasteiger partial charge in [0.15, 0.2) is 11.6 Å². The number of rotatable bonds is 6. The van der Waals surface area contributed by atoms with E-state index in [0.29, 0.717) is 11.4 Å². The first-order valence-corrected chi connectivity index (χ1v) is 8.48. The molecule has 0 radical (unpaired) electrons. The van der Waals surface area contributed by atoms with Crippen LogP contribution in [0.3, 0.4) is 0 Å². The van der Waals surface area contributed by atoms with E-state index in [1.807, 2.05) is 30.3 Å². The van der Waals surface area contributed by atoms with Crippen molar-refractivity contribution in [2.24, 2.45) is 4.99 Å². The van der Waals surface area contributed by atoms with E-state index in [4.69, 9.17) is 0 Å². The van der Waals surface area contributed by atoms with Gasteiger partial charge >= 0.3 is 5.97 Å². The number of aliphatic imine (C=N–C) groups is 1. The lowest BCUT2D eigenvalue weighted by molar-refractivity contribution is -0.136. The van der Waals surface area contributed by atoms with Crippen LogP contribution in [0, 0.1) is 0 Å². The maximum absolute atomic E-state index is 12.4. The normalized spacial score (nSPS) is 18.1. The molecular weight excluding hydrogens is 344 g/mol. The zero-order valence-corrected chi connectivity index (χ0v) is 15.4. The molecule has 0 aromatic heterocycles. The second-order valence-corrected chi connectivity index (χ2v) is 6.12. The molecule has 6 nitrogen and oxygen atoms in total. The van der Waals surface area contributed by atoms with Gasteiger partial charge in [0, 0.05) is 24.6 Å². The average Bonchev–Trinajstić information content (AvgIpc) is 2.69. The summed E-state index contributed by atoms with van der Waals surface area (Å²) in [5.74, 6) is -0.676. The standard InChI is InChI=1S/C21H22N2O4/c1-14(21(26)27-3)9-10-20(22-2)23-13-17-18(24)11-16(12-19(17)25)15-7-5-4-6-8-15/h4-10,13,16,23H,2,11-12H2,1,3H3/b14-9+,17-13?,20-10+. The van der Waals surface area contributed by atoms with Crippen LogP contribution in [0.15, 0.2) is 70.6 Å². The van der Waals surface area contributed by atoms with Crippen LogP contribution in [-0.4, -0.2) is 31.4 Å². The van der Waals surface area contributed by atoms with Crippen LogP contribution < -0.4 is 5.32 Å². The molecular formula is C21H22N2O4. The molecule has 6 heteroatoms. The highest BCUT2D eigenvalue weighted by atomic mass is 16.5. The number of nitrogens with zero attached hydrogens (tertiary/aromatic N) is 1. The van der Waals surface area contributed by atoms with Crippen LogP contribution in [0.1, 0.15) is 31.2 Å². The van der Waals surface area contributed by atoms with Crippen molar-refractivity contribution in [3.8, 4) is 0 Å². The Bertz CT molecular complexity index is 815. The second-order valence-electron chi connectivity index (χ2n) is 6.12. The predicted octanol–water partition coefficient (Wildman–Crippen LogP) is 2.84. The summed E-state index contributed by atoms with van der Waals surface area (Å²) >= 11 is 0. The maximum Gasteiger partial charge on any atom is 0.333 e. The van der Waals surface area contributed by atoms with E-state index in [2.05, 4.69) is 21.8 Å². The molecule has 1 N–H and O–H groups in total. The molecule has 1 fully saturated rings. The third-order valence-electron chi connectivity index (χ3n) is 4.27. The van der Waals surface area contributed by atoms with Crippen LogP contribution in [0.4, 0.5) is 0 Å². The number of allylic oxidation sites excluding steroid dienone is 3. The maximum atomic E-state index is 12.4. The van der Waals surface area contributed by atoms with Crippen molar-refractivity contribution >= 4 is 24.3 Å². The summed E-state index contributed by atoms with van der Waals surface area (Å²) < 4.78 is 4.60. The van der Waals surface area contributed by atoms with Gasteiger partial charge in [-0.05, 0) is 37.3 Å². The van der Waals surface area contributed by atoms with Gasteiger partial charge in [0.25, 0.3) is 0 Å². The van der Waals surface area contributed by atoms with Gasteiger partial charge in [-0.3, -0.25) is 9.59 Å². The lowest BCUT2D eigenvalue weighted by Crippen LogP contribution is -2.26. The Labute approximate surface area is 158 Å². The zero-order chi connectivity index (χ0) is 19.8. The molecule has 0 aliphatic heterocycles. The van der Waals surface area contributed by atoms with Crippen molar-refractivity contribution < 1.29 is 19.1 Å². The van der Waals surface area contributed by atoms with Crippen LogP contribution in [0.25, 0.3) is 0 Å². The van der Waals surface area contributed by atoms with Crippen molar-refractivity contribution in [1.29, 1.82) is 0 Å². The second kappa shape index (κ2) is 9.43. The fourth-order valence-corrected chi connectivity index (χ4v) is 2.74. The van der Waals surface area contributed by atoms with Crippen LogP contribution in [0.5, 0.6) is 0 Å². The number of benzene rings is 1. The largest absolute Gasteiger partial charge is 0.466 e. The molecule has 0 unspecified atom stereocenters. The minimum Gasteiger partial charge on any atom is -0.466 e. The van der Waals surface area contributed by atoms with Gasteiger partial charge in [-0.15, -0.1) is 0 Å². The van der Waals surface area contributed by atoms with Crippen molar-refractivity contribution in [3.05, 3.63) is 71.2 Å². The smallest absolute Gasteiger partial charge is 0.333 e. The summed E-state index contributed by atoms with van der Waals surface area (Å²) in [7, 11) is 1.29. The first-order valence-electron chi connectivity index (χ1n) is 8.48. The van der Waals surface area contributed by atoms with Crippen molar-refractivity contribution in [2.75, 3.05) is 7.11 Å². The molecule has 1 aromatic rings.